The van der Waals surface area contributed by atoms with Crippen LogP contribution in [0.3, 0.4) is 0 Å². The van der Waals surface area contributed by atoms with Crippen LogP contribution in [-0.4, -0.2) is 104 Å². The maximum absolute atomic E-state index is 13.0. The van der Waals surface area contributed by atoms with Gasteiger partial charge in [0.1, 0.15) is 28.4 Å². The Balaban J connectivity index is 1.32. The zero-order chi connectivity index (χ0) is 32.5. The predicted octanol–water partition coefficient (Wildman–Crippen LogP) is 5.49. The highest BCUT2D eigenvalue weighted by atomic mass is 16.6. The van der Waals surface area contributed by atoms with E-state index in [2.05, 4.69) is 21.5 Å². The third-order valence-corrected chi connectivity index (χ3v) is 8.29. The van der Waals surface area contributed by atoms with Crippen molar-refractivity contribution in [2.75, 3.05) is 33.7 Å². The zero-order valence-electron chi connectivity index (χ0n) is 27.2. The number of hydrogen-bond donors (Lipinski definition) is 0. The Morgan fingerprint density at radius 2 is 1.96 bits per heavy atom. The number of nitrogens with zero attached hydrogens (tertiary/aromatic N) is 8. The van der Waals surface area contributed by atoms with Gasteiger partial charge in [-0.05, 0) is 52.5 Å². The zero-order valence-corrected chi connectivity index (χ0v) is 27.2. The normalized spacial score (nSPS) is 21.3. The molecule has 1 aliphatic carbocycles. The second-order valence-corrected chi connectivity index (χ2v) is 13.3. The van der Waals surface area contributed by atoms with Crippen molar-refractivity contribution in [1.29, 1.82) is 0 Å². The first kappa shape index (κ1) is 32.1. The van der Waals surface area contributed by atoms with E-state index in [0.717, 1.165) is 31.1 Å². The first-order valence-electron chi connectivity index (χ1n) is 15.7. The predicted molar refractivity (Wildman–Crippen MR) is 171 cm³/mol. The molecule has 2 aromatic heterocycles. The van der Waals surface area contributed by atoms with Crippen molar-refractivity contribution >= 4 is 47.1 Å². The summed E-state index contributed by atoms with van der Waals surface area (Å²) in [5.41, 5.74) is 0.182. The van der Waals surface area contributed by atoms with Crippen LogP contribution in [0.4, 0.5) is 15.5 Å². The van der Waals surface area contributed by atoms with Crippen molar-refractivity contribution in [2.45, 2.75) is 89.9 Å². The minimum Gasteiger partial charge on any atom is -0.444 e. The van der Waals surface area contributed by atoms with E-state index in [0.29, 0.717) is 48.7 Å². The largest absolute Gasteiger partial charge is 0.444 e. The minimum atomic E-state index is -0.838. The number of amides is 3. The van der Waals surface area contributed by atoms with E-state index in [1.54, 1.807) is 30.1 Å². The molecule has 1 unspecified atom stereocenters. The number of carbonyl (C=O) groups is 3. The molecule has 5 rings (SSSR count). The van der Waals surface area contributed by atoms with E-state index in [1.165, 1.54) is 11.1 Å². The van der Waals surface area contributed by atoms with E-state index < -0.39 is 23.4 Å². The highest BCUT2D eigenvalue weighted by molar-refractivity contribution is 5.98. The molecule has 2 aromatic rings. The highest BCUT2D eigenvalue weighted by Crippen LogP contribution is 2.36. The molecule has 0 radical (unpaired) electrons. The molecule has 3 amide bonds. The lowest BCUT2D eigenvalue weighted by atomic mass is 9.93. The van der Waals surface area contributed by atoms with Crippen molar-refractivity contribution in [3.05, 3.63) is 30.2 Å². The van der Waals surface area contributed by atoms with E-state index in [4.69, 9.17) is 14.5 Å². The van der Waals surface area contributed by atoms with Gasteiger partial charge in [0.25, 0.3) is 11.9 Å². The van der Waals surface area contributed by atoms with Crippen molar-refractivity contribution in [1.82, 2.24) is 29.2 Å². The second-order valence-electron chi connectivity index (χ2n) is 13.3. The Morgan fingerprint density at radius 1 is 1.22 bits per heavy atom. The number of ether oxygens (including phenoxy) is 2. The summed E-state index contributed by atoms with van der Waals surface area (Å²) in [6.07, 6.45) is 8.25. The second kappa shape index (κ2) is 12.6. The number of piperidine rings is 1. The van der Waals surface area contributed by atoms with Gasteiger partial charge in [-0.2, -0.15) is 9.98 Å². The van der Waals surface area contributed by atoms with Crippen molar-refractivity contribution in [2.24, 2.45) is 9.98 Å². The summed E-state index contributed by atoms with van der Waals surface area (Å²) in [7, 11) is 3.49. The molecule has 0 aromatic carbocycles. The molecule has 2 aliphatic heterocycles. The van der Waals surface area contributed by atoms with Gasteiger partial charge in [0.2, 0.25) is 0 Å². The number of fused-ring (bicyclic) bond motifs is 1. The Labute approximate surface area is 264 Å². The van der Waals surface area contributed by atoms with Gasteiger partial charge in [-0.15, -0.1) is 0 Å². The van der Waals surface area contributed by atoms with Crippen LogP contribution in [0, 0.1) is 0 Å². The van der Waals surface area contributed by atoms with Crippen LogP contribution in [-0.2, 0) is 9.47 Å². The summed E-state index contributed by atoms with van der Waals surface area (Å²) in [5, 5.41) is 0.787. The summed E-state index contributed by atoms with van der Waals surface area (Å²) in [5.74, 6) is 0.623. The molecule has 13 nitrogen and oxygen atoms in total. The van der Waals surface area contributed by atoms with Crippen molar-refractivity contribution in [3.8, 4) is 0 Å². The molecule has 4 heterocycles. The molecule has 1 atom stereocenters. The number of allylic oxidation sites excluding steroid dienone is 1. The topological polar surface area (TPSA) is 135 Å². The Hall–Kier alpha value is -4.29. The molecule has 3 fully saturated rings. The van der Waals surface area contributed by atoms with E-state index in [9.17, 15) is 14.4 Å². The van der Waals surface area contributed by atoms with Gasteiger partial charge in [0, 0.05) is 44.7 Å². The number of aromatic nitrogens is 3. The molecule has 3 aliphatic rings. The quantitative estimate of drug-likeness (QED) is 0.308. The molecule has 2 saturated heterocycles. The molecule has 1 spiro atoms. The van der Waals surface area contributed by atoms with E-state index in [-0.39, 0.29) is 31.0 Å². The van der Waals surface area contributed by atoms with Crippen LogP contribution in [0.5, 0.6) is 0 Å². The molecule has 0 N–H and O–H groups in total. The summed E-state index contributed by atoms with van der Waals surface area (Å²) in [6.45, 7) is 12.5. The number of rotatable bonds is 6. The van der Waals surface area contributed by atoms with Crippen LogP contribution in [0.1, 0.15) is 89.2 Å². The molecule has 1 saturated carbocycles. The number of aliphatic imine (C=N–C) groups is 2. The minimum absolute atomic E-state index is 0.0738. The van der Waals surface area contributed by atoms with Crippen LogP contribution in [0.15, 0.2) is 34.5 Å². The fraction of sp³-hybridized carbons (Fsp3) is 0.594. The number of amidine groups is 1. The summed E-state index contributed by atoms with van der Waals surface area (Å²) < 4.78 is 13.4. The van der Waals surface area contributed by atoms with Gasteiger partial charge in [0.15, 0.2) is 0 Å². The third-order valence-electron chi connectivity index (χ3n) is 8.29. The van der Waals surface area contributed by atoms with Crippen molar-refractivity contribution < 1.29 is 23.9 Å². The van der Waals surface area contributed by atoms with Gasteiger partial charge in [-0.3, -0.25) is 9.69 Å². The molecule has 0 bridgehead atoms. The lowest BCUT2D eigenvalue weighted by molar-refractivity contribution is -0.0278. The smallest absolute Gasteiger partial charge is 0.415 e. The van der Waals surface area contributed by atoms with Crippen LogP contribution in [0.25, 0.3) is 11.0 Å². The number of likely N-dealkylation sites (tertiary alicyclic amines) is 1. The fourth-order valence-corrected chi connectivity index (χ4v) is 6.15. The molecule has 13 heteroatoms. The summed E-state index contributed by atoms with van der Waals surface area (Å²) >= 11 is 0. The van der Waals surface area contributed by atoms with Gasteiger partial charge in [-0.1, -0.05) is 26.3 Å². The maximum atomic E-state index is 13.0. The fourth-order valence-electron chi connectivity index (χ4n) is 6.15. The van der Waals surface area contributed by atoms with Gasteiger partial charge in [-0.25, -0.2) is 19.6 Å². The standard InChI is InChI=1S/C32H44N8O5/c1-8-25(35-28-34-18-22-16-24(27(41)37(6)7)40(26(22)36-28)23-12-9-10-13-23)33-17-21(2)39-20-32(45-30(39)43)14-11-15-38(19-32)29(42)44-31(3,4)5/h16-18,23H,2,8-15,19-20H2,1,3-7H3. The monoisotopic (exact) mass is 620 g/mol. The molecular weight excluding hydrogens is 576 g/mol. The van der Waals surface area contributed by atoms with Crippen LogP contribution < -0.4 is 0 Å². The first-order chi connectivity index (χ1) is 21.3. The summed E-state index contributed by atoms with van der Waals surface area (Å²) in [4.78, 5) is 61.6. The average Bonchev–Trinajstić information content (AvgIpc) is 3.71. The Bertz CT molecular complexity index is 1550. The van der Waals surface area contributed by atoms with Gasteiger partial charge >= 0.3 is 12.2 Å². The van der Waals surface area contributed by atoms with Crippen LogP contribution >= 0.6 is 0 Å². The van der Waals surface area contributed by atoms with E-state index >= 15 is 0 Å². The average molecular weight is 621 g/mol. The first-order valence-corrected chi connectivity index (χ1v) is 15.7. The summed E-state index contributed by atoms with van der Waals surface area (Å²) in [6, 6.07) is 2.05. The van der Waals surface area contributed by atoms with E-state index in [1.807, 2.05) is 38.3 Å². The Morgan fingerprint density at radius 3 is 2.62 bits per heavy atom. The maximum Gasteiger partial charge on any atom is 0.415 e. The lowest BCUT2D eigenvalue weighted by Crippen LogP contribution is -2.53. The van der Waals surface area contributed by atoms with Crippen LogP contribution in [0.2, 0.25) is 0 Å². The Kier molecular flexibility index (Phi) is 8.99. The molecule has 242 valence electrons. The van der Waals surface area contributed by atoms with Crippen molar-refractivity contribution in [3.63, 3.8) is 0 Å². The number of carbonyl (C=O) groups excluding carboxylic acids is 3. The SMILES string of the molecule is C=C(C=NC(CC)=Nc1ncc2cc(C(=O)N(C)C)n(C3CCCC3)c2n1)N1CC2(CCCN(C(=O)OC(C)(C)C)C2)OC1=O. The number of hydrogen-bond acceptors (Lipinski definition) is 8. The third kappa shape index (κ3) is 7.02. The van der Waals surface area contributed by atoms with Gasteiger partial charge < -0.3 is 23.8 Å². The molecular formula is C32H44N8O5. The lowest BCUT2D eigenvalue weighted by Gasteiger charge is -2.38. The highest BCUT2D eigenvalue weighted by Gasteiger charge is 2.49. The van der Waals surface area contributed by atoms with Gasteiger partial charge in [0.05, 0.1) is 25.0 Å². The molecule has 45 heavy (non-hydrogen) atoms.